The van der Waals surface area contributed by atoms with Crippen molar-refractivity contribution in [1.82, 2.24) is 9.38 Å². The van der Waals surface area contributed by atoms with Gasteiger partial charge in [-0.2, -0.15) is 0 Å². The van der Waals surface area contributed by atoms with Crippen molar-refractivity contribution in [2.75, 3.05) is 0 Å². The summed E-state index contributed by atoms with van der Waals surface area (Å²) in [6.07, 6.45) is 1.89. The zero-order valence-corrected chi connectivity index (χ0v) is 18.6. The Morgan fingerprint density at radius 3 is 2.71 bits per heavy atom. The van der Waals surface area contributed by atoms with Crippen LogP contribution in [0.2, 0.25) is 5.02 Å². The predicted octanol–water partition coefficient (Wildman–Crippen LogP) is 5.31. The average Bonchev–Trinajstić information content (AvgIpc) is 3.25. The molecule has 3 aromatic carbocycles. The maximum atomic E-state index is 13.1. The summed E-state index contributed by atoms with van der Waals surface area (Å²) < 4.78 is 8.28. The molecule has 0 radical (unpaired) electrons. The number of fused-ring (bicyclic) bond motifs is 3. The number of nitrogens with zero attached hydrogens (tertiary/aromatic N) is 2. The fourth-order valence-electron chi connectivity index (χ4n) is 3.70. The molecule has 154 valence electrons. The molecule has 0 amide bonds. The zero-order chi connectivity index (χ0) is 21.5. The van der Waals surface area contributed by atoms with Crippen LogP contribution in [-0.4, -0.2) is 9.38 Å². The lowest BCUT2D eigenvalue weighted by Crippen LogP contribution is -2.22. The Morgan fingerprint density at radius 2 is 1.90 bits per heavy atom. The molecular weight excluding hydrogens is 428 g/mol. The quantitative estimate of drug-likeness (QED) is 0.376. The van der Waals surface area contributed by atoms with Gasteiger partial charge in [-0.1, -0.05) is 53.3 Å². The van der Waals surface area contributed by atoms with Crippen molar-refractivity contribution in [2.45, 2.75) is 20.5 Å². The number of thiazole rings is 1. The zero-order valence-electron chi connectivity index (χ0n) is 17.1. The summed E-state index contributed by atoms with van der Waals surface area (Å²) >= 11 is 7.34. The Hall–Kier alpha value is -3.15. The summed E-state index contributed by atoms with van der Waals surface area (Å²) in [6.45, 7) is 4.51. The van der Waals surface area contributed by atoms with Gasteiger partial charge in [0, 0.05) is 5.02 Å². The van der Waals surface area contributed by atoms with Crippen molar-refractivity contribution in [3.8, 4) is 5.75 Å². The largest absolute Gasteiger partial charge is 0.489 e. The molecule has 0 saturated heterocycles. The van der Waals surface area contributed by atoms with E-state index in [9.17, 15) is 4.79 Å². The number of aryl methyl sites for hydroxylation is 2. The second kappa shape index (κ2) is 7.84. The van der Waals surface area contributed by atoms with E-state index >= 15 is 0 Å². The molecule has 31 heavy (non-hydrogen) atoms. The van der Waals surface area contributed by atoms with Crippen LogP contribution in [0.15, 0.2) is 65.5 Å². The van der Waals surface area contributed by atoms with Crippen LogP contribution in [0, 0.1) is 13.8 Å². The maximum Gasteiger partial charge on any atom is 0.274 e. The Labute approximate surface area is 188 Å². The van der Waals surface area contributed by atoms with Crippen LogP contribution in [0.4, 0.5) is 0 Å². The van der Waals surface area contributed by atoms with Crippen LogP contribution in [0.1, 0.15) is 22.3 Å². The molecule has 5 aromatic rings. The van der Waals surface area contributed by atoms with Crippen LogP contribution >= 0.6 is 22.9 Å². The summed E-state index contributed by atoms with van der Waals surface area (Å²) in [4.78, 5) is 18.5. The van der Waals surface area contributed by atoms with E-state index < -0.39 is 0 Å². The van der Waals surface area contributed by atoms with Crippen molar-refractivity contribution in [1.29, 1.82) is 0 Å². The molecule has 0 N–H and O–H groups in total. The van der Waals surface area contributed by atoms with Crippen molar-refractivity contribution in [3.05, 3.63) is 103 Å². The van der Waals surface area contributed by atoms with E-state index in [4.69, 9.17) is 21.3 Å². The Balaban J connectivity index is 1.49. The number of halogens is 1. The molecule has 0 aliphatic rings. The van der Waals surface area contributed by atoms with Gasteiger partial charge in [0.25, 0.3) is 5.56 Å². The number of hydrogen-bond acceptors (Lipinski definition) is 4. The third-order valence-electron chi connectivity index (χ3n) is 5.15. The molecule has 0 aliphatic carbocycles. The first-order valence-electron chi connectivity index (χ1n) is 9.89. The minimum Gasteiger partial charge on any atom is -0.489 e. The second-order valence-electron chi connectivity index (χ2n) is 7.58. The topological polar surface area (TPSA) is 43.6 Å². The molecule has 0 fully saturated rings. The molecule has 0 saturated carbocycles. The van der Waals surface area contributed by atoms with E-state index in [1.165, 1.54) is 11.3 Å². The maximum absolute atomic E-state index is 13.1. The number of hydrogen-bond donors (Lipinski definition) is 0. The normalized spacial score (nSPS) is 12.2. The molecule has 2 aromatic heterocycles. The summed E-state index contributed by atoms with van der Waals surface area (Å²) in [5, 5.41) is 0.703. The smallest absolute Gasteiger partial charge is 0.274 e. The van der Waals surface area contributed by atoms with E-state index in [0.717, 1.165) is 44.0 Å². The third-order valence-corrected chi connectivity index (χ3v) is 6.37. The standard InChI is InChI=1S/C25H19ClN2O2S/c1-15-10-16(2)23-21(11-15)28-24(29)22(31-25(28)27-23)13-18-4-3-5-20(12-18)30-14-17-6-8-19(26)9-7-17/h3-13H,14H2,1-2H3/b22-13-. The second-order valence-corrected chi connectivity index (χ2v) is 9.03. The van der Waals surface area contributed by atoms with Crippen LogP contribution in [0.5, 0.6) is 5.75 Å². The summed E-state index contributed by atoms with van der Waals surface area (Å²) in [7, 11) is 0. The van der Waals surface area contributed by atoms with Gasteiger partial charge in [-0.15, -0.1) is 0 Å². The van der Waals surface area contributed by atoms with Crippen LogP contribution in [0.25, 0.3) is 22.1 Å². The van der Waals surface area contributed by atoms with Gasteiger partial charge in [-0.05, 0) is 72.5 Å². The molecule has 2 heterocycles. The first-order valence-corrected chi connectivity index (χ1v) is 11.1. The highest BCUT2D eigenvalue weighted by atomic mass is 35.5. The minimum atomic E-state index is -0.0417. The van der Waals surface area contributed by atoms with Crippen molar-refractivity contribution < 1.29 is 4.74 Å². The van der Waals surface area contributed by atoms with Crippen LogP contribution < -0.4 is 14.8 Å². The number of imidazole rings is 1. The van der Waals surface area contributed by atoms with Gasteiger partial charge < -0.3 is 4.74 Å². The first-order chi connectivity index (χ1) is 15.0. The van der Waals surface area contributed by atoms with Crippen LogP contribution in [0.3, 0.4) is 0 Å². The highest BCUT2D eigenvalue weighted by molar-refractivity contribution is 7.15. The summed E-state index contributed by atoms with van der Waals surface area (Å²) in [6, 6.07) is 19.4. The van der Waals surface area contributed by atoms with Gasteiger partial charge in [-0.3, -0.25) is 4.79 Å². The van der Waals surface area contributed by atoms with E-state index in [0.29, 0.717) is 16.2 Å². The predicted molar refractivity (Wildman–Crippen MR) is 127 cm³/mol. The molecule has 0 bridgehead atoms. The van der Waals surface area contributed by atoms with Gasteiger partial charge in [0.05, 0.1) is 15.6 Å². The fourth-order valence-corrected chi connectivity index (χ4v) is 4.81. The Bertz CT molecular complexity index is 1530. The third kappa shape index (κ3) is 3.82. The van der Waals surface area contributed by atoms with Gasteiger partial charge in [-0.25, -0.2) is 9.38 Å². The highest BCUT2D eigenvalue weighted by Gasteiger charge is 2.13. The van der Waals surface area contributed by atoms with Crippen molar-refractivity contribution >= 4 is 45.0 Å². The Morgan fingerprint density at radius 1 is 1.10 bits per heavy atom. The molecule has 4 nitrogen and oxygen atoms in total. The number of benzene rings is 3. The lowest BCUT2D eigenvalue weighted by molar-refractivity contribution is 0.306. The lowest BCUT2D eigenvalue weighted by atomic mass is 10.1. The van der Waals surface area contributed by atoms with Crippen molar-refractivity contribution in [3.63, 3.8) is 0 Å². The molecule has 0 atom stereocenters. The molecule has 0 spiro atoms. The number of aromatic nitrogens is 2. The molecule has 0 unspecified atom stereocenters. The SMILES string of the molecule is Cc1cc(C)c2nc3s/c(=C\c4cccc(OCc5ccc(Cl)cc5)c4)c(=O)n3c2c1. The first kappa shape index (κ1) is 19.8. The molecular formula is C25H19ClN2O2S. The van der Waals surface area contributed by atoms with E-state index in [1.54, 1.807) is 4.40 Å². The van der Waals surface area contributed by atoms with E-state index in [1.807, 2.05) is 74.5 Å². The average molecular weight is 447 g/mol. The van der Waals surface area contributed by atoms with Crippen molar-refractivity contribution in [2.24, 2.45) is 0 Å². The summed E-state index contributed by atoms with van der Waals surface area (Å²) in [5.41, 5.74) is 5.87. The van der Waals surface area contributed by atoms with Crippen LogP contribution in [-0.2, 0) is 6.61 Å². The minimum absolute atomic E-state index is 0.0417. The van der Waals surface area contributed by atoms with Gasteiger partial charge >= 0.3 is 0 Å². The monoisotopic (exact) mass is 446 g/mol. The van der Waals surface area contributed by atoms with Gasteiger partial charge in [0.2, 0.25) is 0 Å². The summed E-state index contributed by atoms with van der Waals surface area (Å²) in [5.74, 6) is 0.745. The molecule has 0 aliphatic heterocycles. The Kier molecular flexibility index (Phi) is 5.00. The molecule has 5 rings (SSSR count). The lowest BCUT2D eigenvalue weighted by Gasteiger charge is -2.07. The molecule has 6 heteroatoms. The number of ether oxygens (including phenoxy) is 1. The van der Waals surface area contributed by atoms with Gasteiger partial charge in [0.15, 0.2) is 4.96 Å². The van der Waals surface area contributed by atoms with E-state index in [2.05, 4.69) is 6.07 Å². The highest BCUT2D eigenvalue weighted by Crippen LogP contribution is 2.22. The van der Waals surface area contributed by atoms with Gasteiger partial charge in [0.1, 0.15) is 12.4 Å². The fraction of sp³-hybridized carbons (Fsp3) is 0.120. The number of rotatable bonds is 4. The van der Waals surface area contributed by atoms with E-state index in [-0.39, 0.29) is 5.56 Å².